The van der Waals surface area contributed by atoms with Gasteiger partial charge >= 0.3 is 5.97 Å². The Kier molecular flexibility index (Phi) is 2.88. The molecule has 4 nitrogen and oxygen atoms in total. The Balaban J connectivity index is 2.63. The summed E-state index contributed by atoms with van der Waals surface area (Å²) in [6, 6.07) is 3.68. The number of hydrogen-bond acceptors (Lipinski definition) is 2. The molecule has 4 N–H and O–H groups in total. The van der Waals surface area contributed by atoms with Crippen molar-refractivity contribution in [3.8, 4) is 0 Å². The second-order valence-electron chi connectivity index (χ2n) is 2.66. The number of hydrogen-bond donors (Lipinski definition) is 3. The van der Waals surface area contributed by atoms with E-state index in [1.165, 1.54) is 0 Å². The lowest BCUT2D eigenvalue weighted by Crippen LogP contribution is -2.16. The molecule has 0 fully saturated rings. The third-order valence-corrected chi connectivity index (χ3v) is 1.77. The summed E-state index contributed by atoms with van der Waals surface area (Å²) in [6.45, 7) is 0.354. The van der Waals surface area contributed by atoms with Crippen LogP contribution in [-0.2, 0) is 4.79 Å². The second-order valence-corrected chi connectivity index (χ2v) is 2.66. The lowest BCUT2D eigenvalue weighted by atomic mass is 10.0. The van der Waals surface area contributed by atoms with E-state index < -0.39 is 5.97 Å². The summed E-state index contributed by atoms with van der Waals surface area (Å²) in [6.07, 6.45) is 1.84. The Morgan fingerprint density at radius 3 is 2.92 bits per heavy atom. The van der Waals surface area contributed by atoms with Gasteiger partial charge in [0.05, 0.1) is 6.42 Å². The van der Waals surface area contributed by atoms with Gasteiger partial charge in [-0.1, -0.05) is 0 Å². The number of carbonyl (C=O) groups is 1. The van der Waals surface area contributed by atoms with Crippen LogP contribution in [0.3, 0.4) is 0 Å². The van der Waals surface area contributed by atoms with E-state index >= 15 is 0 Å². The van der Waals surface area contributed by atoms with Gasteiger partial charge in [0, 0.05) is 24.4 Å². The van der Waals surface area contributed by atoms with Gasteiger partial charge < -0.3 is 15.8 Å². The average molecular weight is 168 g/mol. The summed E-state index contributed by atoms with van der Waals surface area (Å²) in [5.41, 5.74) is 6.32. The van der Waals surface area contributed by atoms with Gasteiger partial charge in [-0.3, -0.25) is 4.79 Å². The molecule has 4 heteroatoms. The molecule has 0 radical (unpaired) electrons. The van der Waals surface area contributed by atoms with Gasteiger partial charge in [-0.15, -0.1) is 0 Å². The quantitative estimate of drug-likeness (QED) is 0.613. The normalized spacial score (nSPS) is 12.8. The third-order valence-electron chi connectivity index (χ3n) is 1.77. The van der Waals surface area contributed by atoms with Crippen LogP contribution < -0.4 is 5.73 Å². The van der Waals surface area contributed by atoms with Crippen molar-refractivity contribution in [2.24, 2.45) is 5.73 Å². The number of aliphatic carboxylic acids is 1. The Labute approximate surface area is 70.4 Å². The molecule has 0 aliphatic carbocycles. The van der Waals surface area contributed by atoms with Gasteiger partial charge in [0.2, 0.25) is 0 Å². The number of rotatable bonds is 4. The number of H-pyrrole nitrogens is 1. The van der Waals surface area contributed by atoms with Crippen molar-refractivity contribution in [3.63, 3.8) is 0 Å². The van der Waals surface area contributed by atoms with Gasteiger partial charge in [-0.2, -0.15) is 0 Å². The number of aromatic nitrogens is 1. The van der Waals surface area contributed by atoms with Crippen LogP contribution in [0.25, 0.3) is 0 Å². The highest BCUT2D eigenvalue weighted by Gasteiger charge is 2.13. The van der Waals surface area contributed by atoms with Gasteiger partial charge in [0.25, 0.3) is 0 Å². The molecule has 1 heterocycles. The molecule has 0 saturated heterocycles. The monoisotopic (exact) mass is 168 g/mol. The second kappa shape index (κ2) is 3.92. The van der Waals surface area contributed by atoms with E-state index in [9.17, 15) is 4.79 Å². The maximum Gasteiger partial charge on any atom is 0.304 e. The van der Waals surface area contributed by atoms with E-state index in [4.69, 9.17) is 10.8 Å². The topological polar surface area (TPSA) is 79.1 Å². The zero-order valence-electron chi connectivity index (χ0n) is 6.66. The van der Waals surface area contributed by atoms with Gasteiger partial charge in [0.15, 0.2) is 0 Å². The van der Waals surface area contributed by atoms with Crippen LogP contribution >= 0.6 is 0 Å². The van der Waals surface area contributed by atoms with E-state index in [2.05, 4.69) is 4.98 Å². The molecular formula is C8H12N2O2. The minimum absolute atomic E-state index is 0.0804. The minimum Gasteiger partial charge on any atom is -0.481 e. The molecule has 0 aliphatic heterocycles. The first kappa shape index (κ1) is 8.80. The number of carboxylic acid groups (broad SMARTS) is 1. The highest BCUT2D eigenvalue weighted by atomic mass is 16.4. The smallest absolute Gasteiger partial charge is 0.304 e. The molecule has 1 aromatic heterocycles. The minimum atomic E-state index is -0.819. The predicted molar refractivity (Wildman–Crippen MR) is 44.8 cm³/mol. The van der Waals surface area contributed by atoms with Crippen LogP contribution in [0.1, 0.15) is 18.0 Å². The average Bonchev–Trinajstić information content (AvgIpc) is 2.51. The fraction of sp³-hybridized carbons (Fsp3) is 0.375. The first-order chi connectivity index (χ1) is 5.74. The standard InChI is InChI=1S/C8H12N2O2/c9-5-6(4-8(11)12)7-2-1-3-10-7/h1-3,6,10H,4-5,9H2,(H,11,12). The predicted octanol–water partition coefficient (Wildman–Crippen LogP) is 0.532. The molecule has 0 aromatic carbocycles. The molecule has 0 saturated carbocycles. The molecule has 1 unspecified atom stereocenters. The van der Waals surface area contributed by atoms with Crippen molar-refractivity contribution in [1.29, 1.82) is 0 Å². The fourth-order valence-electron chi connectivity index (χ4n) is 1.13. The summed E-state index contributed by atoms with van der Waals surface area (Å²) in [5, 5.41) is 8.54. The molecule has 1 rings (SSSR count). The fourth-order valence-corrected chi connectivity index (χ4v) is 1.13. The van der Waals surface area contributed by atoms with Crippen LogP contribution in [0.5, 0.6) is 0 Å². The number of carboxylic acids is 1. The van der Waals surface area contributed by atoms with Crippen molar-refractivity contribution in [3.05, 3.63) is 24.0 Å². The number of nitrogens with two attached hydrogens (primary N) is 1. The maximum atomic E-state index is 10.4. The zero-order valence-corrected chi connectivity index (χ0v) is 6.66. The molecule has 0 bridgehead atoms. The van der Waals surface area contributed by atoms with Crippen LogP contribution in [-0.4, -0.2) is 22.6 Å². The molecule has 12 heavy (non-hydrogen) atoms. The summed E-state index contributed by atoms with van der Waals surface area (Å²) in [4.78, 5) is 13.3. The summed E-state index contributed by atoms with van der Waals surface area (Å²) in [5.74, 6) is -0.919. The van der Waals surface area contributed by atoms with E-state index in [0.29, 0.717) is 6.54 Å². The first-order valence-electron chi connectivity index (χ1n) is 3.79. The van der Waals surface area contributed by atoms with Crippen LogP contribution in [0.2, 0.25) is 0 Å². The SMILES string of the molecule is NCC(CC(=O)O)c1ccc[nH]1. The van der Waals surface area contributed by atoms with Crippen molar-refractivity contribution in [2.45, 2.75) is 12.3 Å². The van der Waals surface area contributed by atoms with E-state index in [1.54, 1.807) is 6.20 Å². The van der Waals surface area contributed by atoms with Crippen LogP contribution in [0, 0.1) is 0 Å². The van der Waals surface area contributed by atoms with Crippen LogP contribution in [0.15, 0.2) is 18.3 Å². The highest BCUT2D eigenvalue weighted by molar-refractivity contribution is 5.67. The first-order valence-corrected chi connectivity index (χ1v) is 3.79. The molecule has 66 valence electrons. The van der Waals surface area contributed by atoms with Gasteiger partial charge in [-0.25, -0.2) is 0 Å². The Bertz CT molecular complexity index is 244. The molecular weight excluding hydrogens is 156 g/mol. The number of nitrogens with one attached hydrogen (secondary N) is 1. The molecule has 0 aliphatic rings. The summed E-state index contributed by atoms with van der Waals surface area (Å²) in [7, 11) is 0. The van der Waals surface area contributed by atoms with Gasteiger partial charge in [-0.05, 0) is 12.1 Å². The Morgan fingerprint density at radius 2 is 2.50 bits per heavy atom. The summed E-state index contributed by atoms with van der Waals surface area (Å²) < 4.78 is 0. The van der Waals surface area contributed by atoms with Crippen LogP contribution in [0.4, 0.5) is 0 Å². The lowest BCUT2D eigenvalue weighted by molar-refractivity contribution is -0.137. The Morgan fingerprint density at radius 1 is 1.75 bits per heavy atom. The highest BCUT2D eigenvalue weighted by Crippen LogP contribution is 2.15. The van der Waals surface area contributed by atoms with E-state index in [1.807, 2.05) is 12.1 Å². The lowest BCUT2D eigenvalue weighted by Gasteiger charge is -2.09. The summed E-state index contributed by atoms with van der Waals surface area (Å²) >= 11 is 0. The zero-order chi connectivity index (χ0) is 8.97. The molecule has 1 aromatic rings. The van der Waals surface area contributed by atoms with E-state index in [-0.39, 0.29) is 12.3 Å². The largest absolute Gasteiger partial charge is 0.481 e. The molecule has 0 amide bonds. The van der Waals surface area contributed by atoms with E-state index in [0.717, 1.165) is 5.69 Å². The van der Waals surface area contributed by atoms with Gasteiger partial charge in [0.1, 0.15) is 0 Å². The molecule has 0 spiro atoms. The van der Waals surface area contributed by atoms with Crippen molar-refractivity contribution >= 4 is 5.97 Å². The Hall–Kier alpha value is -1.29. The number of aromatic amines is 1. The van der Waals surface area contributed by atoms with Crippen molar-refractivity contribution < 1.29 is 9.90 Å². The van der Waals surface area contributed by atoms with Crippen molar-refractivity contribution in [1.82, 2.24) is 4.98 Å². The maximum absolute atomic E-state index is 10.4. The molecule has 1 atom stereocenters. The third kappa shape index (κ3) is 2.10. The van der Waals surface area contributed by atoms with Crippen molar-refractivity contribution in [2.75, 3.05) is 6.54 Å².